The van der Waals surface area contributed by atoms with Gasteiger partial charge in [-0.15, -0.1) is 0 Å². The molecule has 1 amide bonds. The monoisotopic (exact) mass is 387 g/mol. The maximum atomic E-state index is 12.7. The van der Waals surface area contributed by atoms with Crippen LogP contribution >= 0.6 is 0 Å². The summed E-state index contributed by atoms with van der Waals surface area (Å²) in [6.45, 7) is 1.65. The number of anilines is 2. The van der Waals surface area contributed by atoms with E-state index < -0.39 is 0 Å². The van der Waals surface area contributed by atoms with E-state index in [4.69, 9.17) is 0 Å². The highest BCUT2D eigenvalue weighted by atomic mass is 16.2. The SMILES string of the molecule is O=C(c1cccnc1)N1CCC[C@@H](CCc2ccnc(Nc3ccccn3)c2)C1. The maximum absolute atomic E-state index is 12.7. The Hall–Kier alpha value is -3.28. The topological polar surface area (TPSA) is 71.0 Å². The van der Waals surface area contributed by atoms with E-state index in [9.17, 15) is 4.79 Å². The number of rotatable bonds is 6. The zero-order valence-electron chi connectivity index (χ0n) is 16.4. The molecule has 0 aromatic carbocycles. The summed E-state index contributed by atoms with van der Waals surface area (Å²) in [5.41, 5.74) is 1.92. The number of aryl methyl sites for hydroxylation is 1. The molecule has 6 heteroatoms. The van der Waals surface area contributed by atoms with Crippen molar-refractivity contribution < 1.29 is 4.79 Å². The van der Waals surface area contributed by atoms with Gasteiger partial charge in [0.1, 0.15) is 11.6 Å². The molecule has 0 unspecified atom stereocenters. The van der Waals surface area contributed by atoms with E-state index in [1.165, 1.54) is 12.0 Å². The summed E-state index contributed by atoms with van der Waals surface area (Å²) in [6, 6.07) is 13.5. The van der Waals surface area contributed by atoms with Crippen LogP contribution in [-0.4, -0.2) is 38.8 Å². The van der Waals surface area contributed by atoms with E-state index in [1.54, 1.807) is 18.6 Å². The van der Waals surface area contributed by atoms with Crippen molar-refractivity contribution in [2.45, 2.75) is 25.7 Å². The quantitative estimate of drug-likeness (QED) is 0.689. The van der Waals surface area contributed by atoms with Gasteiger partial charge in [-0.05, 0) is 73.6 Å². The van der Waals surface area contributed by atoms with Crippen molar-refractivity contribution in [1.82, 2.24) is 19.9 Å². The molecule has 4 heterocycles. The van der Waals surface area contributed by atoms with Crippen LogP contribution in [0.2, 0.25) is 0 Å². The number of nitrogens with one attached hydrogen (secondary N) is 1. The Balaban J connectivity index is 1.33. The molecule has 0 aliphatic carbocycles. The molecule has 29 heavy (non-hydrogen) atoms. The Morgan fingerprint density at radius 1 is 1.07 bits per heavy atom. The van der Waals surface area contributed by atoms with Crippen LogP contribution in [-0.2, 0) is 6.42 Å². The van der Waals surface area contributed by atoms with Crippen molar-refractivity contribution in [1.29, 1.82) is 0 Å². The minimum Gasteiger partial charge on any atom is -0.338 e. The van der Waals surface area contributed by atoms with Crippen LogP contribution in [0.5, 0.6) is 0 Å². The molecule has 1 N–H and O–H groups in total. The zero-order valence-corrected chi connectivity index (χ0v) is 16.4. The van der Waals surface area contributed by atoms with E-state index in [0.717, 1.165) is 44.0 Å². The Bertz CT molecular complexity index is 932. The standard InChI is InChI=1S/C23H25N5O/c29-23(20-6-3-11-24-16-20)28-14-4-5-19(17-28)9-8-18-10-13-26-22(15-18)27-21-7-1-2-12-25-21/h1-3,6-7,10-13,15-16,19H,4-5,8-9,14,17H2,(H,25,26,27)/t19-/m0/s1. The number of aromatic nitrogens is 3. The van der Waals surface area contributed by atoms with E-state index in [1.807, 2.05) is 41.4 Å². The third-order valence-corrected chi connectivity index (χ3v) is 5.30. The molecule has 0 spiro atoms. The van der Waals surface area contributed by atoms with Crippen LogP contribution in [0.3, 0.4) is 0 Å². The fourth-order valence-corrected chi connectivity index (χ4v) is 3.79. The summed E-state index contributed by atoms with van der Waals surface area (Å²) in [5, 5.41) is 3.24. The first kappa shape index (κ1) is 19.1. The second-order valence-corrected chi connectivity index (χ2v) is 7.43. The predicted molar refractivity (Wildman–Crippen MR) is 113 cm³/mol. The summed E-state index contributed by atoms with van der Waals surface area (Å²) < 4.78 is 0. The molecule has 0 radical (unpaired) electrons. The molecule has 1 saturated heterocycles. The first-order valence-electron chi connectivity index (χ1n) is 10.1. The lowest BCUT2D eigenvalue weighted by Gasteiger charge is -2.33. The predicted octanol–water partition coefficient (Wildman–Crippen LogP) is 4.10. The number of piperidine rings is 1. The Kier molecular flexibility index (Phi) is 6.10. The zero-order chi connectivity index (χ0) is 19.9. The molecule has 1 fully saturated rings. The molecule has 3 aromatic rings. The Labute approximate surface area is 171 Å². The molecule has 1 atom stereocenters. The van der Waals surface area contributed by atoms with Crippen molar-refractivity contribution in [3.8, 4) is 0 Å². The van der Waals surface area contributed by atoms with E-state index in [2.05, 4.69) is 32.4 Å². The van der Waals surface area contributed by atoms with Gasteiger partial charge >= 0.3 is 0 Å². The van der Waals surface area contributed by atoms with Crippen molar-refractivity contribution >= 4 is 17.5 Å². The van der Waals surface area contributed by atoms with Gasteiger partial charge in [0.05, 0.1) is 5.56 Å². The van der Waals surface area contributed by atoms with Crippen LogP contribution in [0.4, 0.5) is 11.6 Å². The Morgan fingerprint density at radius 3 is 2.83 bits per heavy atom. The van der Waals surface area contributed by atoms with Crippen LogP contribution in [0.15, 0.2) is 67.3 Å². The van der Waals surface area contributed by atoms with Gasteiger partial charge in [0.25, 0.3) is 5.91 Å². The van der Waals surface area contributed by atoms with Gasteiger partial charge in [0, 0.05) is 37.9 Å². The first-order chi connectivity index (χ1) is 14.3. The number of hydrogen-bond acceptors (Lipinski definition) is 5. The molecule has 0 bridgehead atoms. The lowest BCUT2D eigenvalue weighted by Crippen LogP contribution is -2.40. The molecule has 148 valence electrons. The Morgan fingerprint density at radius 2 is 2.00 bits per heavy atom. The van der Waals surface area contributed by atoms with E-state index in [-0.39, 0.29) is 5.91 Å². The number of amides is 1. The molecule has 3 aromatic heterocycles. The molecule has 6 nitrogen and oxygen atoms in total. The van der Waals surface area contributed by atoms with E-state index in [0.29, 0.717) is 11.5 Å². The fraction of sp³-hybridized carbons (Fsp3) is 0.304. The van der Waals surface area contributed by atoms with Gasteiger partial charge in [-0.25, -0.2) is 9.97 Å². The number of likely N-dealkylation sites (tertiary alicyclic amines) is 1. The van der Waals surface area contributed by atoms with Crippen molar-refractivity contribution in [2.75, 3.05) is 18.4 Å². The molecule has 0 saturated carbocycles. The van der Waals surface area contributed by atoms with Gasteiger partial charge in [0.2, 0.25) is 0 Å². The van der Waals surface area contributed by atoms with Crippen molar-refractivity contribution in [3.05, 3.63) is 78.4 Å². The first-order valence-corrected chi connectivity index (χ1v) is 10.1. The number of hydrogen-bond donors (Lipinski definition) is 1. The van der Waals surface area contributed by atoms with Crippen LogP contribution in [0, 0.1) is 5.92 Å². The summed E-state index contributed by atoms with van der Waals surface area (Å²) in [7, 11) is 0. The average Bonchev–Trinajstić information content (AvgIpc) is 2.79. The lowest BCUT2D eigenvalue weighted by atomic mass is 9.91. The van der Waals surface area contributed by atoms with Crippen molar-refractivity contribution in [3.63, 3.8) is 0 Å². The van der Waals surface area contributed by atoms with Crippen LogP contribution in [0.25, 0.3) is 0 Å². The summed E-state index contributed by atoms with van der Waals surface area (Å²) in [5.74, 6) is 2.20. The highest BCUT2D eigenvalue weighted by Gasteiger charge is 2.24. The number of pyridine rings is 3. The lowest BCUT2D eigenvalue weighted by molar-refractivity contribution is 0.0668. The smallest absolute Gasteiger partial charge is 0.255 e. The fourth-order valence-electron chi connectivity index (χ4n) is 3.79. The van der Waals surface area contributed by atoms with Gasteiger partial charge in [-0.2, -0.15) is 0 Å². The van der Waals surface area contributed by atoms with Gasteiger partial charge in [-0.1, -0.05) is 6.07 Å². The molecular weight excluding hydrogens is 362 g/mol. The highest BCUT2D eigenvalue weighted by molar-refractivity contribution is 5.93. The normalized spacial score (nSPS) is 16.4. The molecular formula is C23H25N5O. The maximum Gasteiger partial charge on any atom is 0.255 e. The number of carbonyl (C=O) groups is 1. The van der Waals surface area contributed by atoms with Crippen molar-refractivity contribution in [2.24, 2.45) is 5.92 Å². The van der Waals surface area contributed by atoms with Crippen LogP contribution < -0.4 is 5.32 Å². The molecule has 4 rings (SSSR count). The molecule has 1 aliphatic heterocycles. The minimum atomic E-state index is 0.0913. The third kappa shape index (κ3) is 5.16. The number of carbonyl (C=O) groups excluding carboxylic acids is 1. The highest BCUT2D eigenvalue weighted by Crippen LogP contribution is 2.23. The second kappa shape index (κ2) is 9.28. The summed E-state index contributed by atoms with van der Waals surface area (Å²) >= 11 is 0. The van der Waals surface area contributed by atoms with Gasteiger partial charge in [-0.3, -0.25) is 9.78 Å². The van der Waals surface area contributed by atoms with Crippen LogP contribution in [0.1, 0.15) is 35.2 Å². The summed E-state index contributed by atoms with van der Waals surface area (Å²) in [4.78, 5) is 27.4. The number of nitrogens with zero attached hydrogens (tertiary/aromatic N) is 4. The minimum absolute atomic E-state index is 0.0913. The van der Waals surface area contributed by atoms with Gasteiger partial charge in [0.15, 0.2) is 0 Å². The third-order valence-electron chi connectivity index (χ3n) is 5.30. The van der Waals surface area contributed by atoms with Gasteiger partial charge < -0.3 is 10.2 Å². The van der Waals surface area contributed by atoms with E-state index >= 15 is 0 Å². The summed E-state index contributed by atoms with van der Waals surface area (Å²) in [6.07, 6.45) is 11.2. The second-order valence-electron chi connectivity index (χ2n) is 7.43. The largest absolute Gasteiger partial charge is 0.338 e. The molecule has 1 aliphatic rings. The average molecular weight is 387 g/mol.